The lowest BCUT2D eigenvalue weighted by Gasteiger charge is -2.17. The summed E-state index contributed by atoms with van der Waals surface area (Å²) in [5, 5.41) is 10.5. The summed E-state index contributed by atoms with van der Waals surface area (Å²) in [6.45, 7) is 3.52. The minimum Gasteiger partial charge on any atom is -0.346 e. The van der Waals surface area contributed by atoms with Gasteiger partial charge in [-0.05, 0) is 5.92 Å². The van der Waals surface area contributed by atoms with Crippen molar-refractivity contribution in [2.75, 3.05) is 6.54 Å². The summed E-state index contributed by atoms with van der Waals surface area (Å²) in [5.74, 6) is -0.996. The molecule has 0 saturated carbocycles. The Morgan fingerprint density at radius 1 is 1.50 bits per heavy atom. The van der Waals surface area contributed by atoms with Gasteiger partial charge in [0.05, 0.1) is 12.6 Å². The topological polar surface area (TPSA) is 104 Å². The highest BCUT2D eigenvalue weighted by atomic mass is 16.5. The largest absolute Gasteiger partial charge is 0.346 e. The molecule has 0 aliphatic rings. The van der Waals surface area contributed by atoms with Crippen molar-refractivity contribution < 1.29 is 14.8 Å². The number of nitrogens with two attached hydrogens (primary N) is 1. The Morgan fingerprint density at radius 2 is 2.07 bits per heavy atom. The molecule has 0 heterocycles. The molecule has 6 nitrogen and oxygen atoms in total. The SMILES string of the molecule is CC[C@H](C)[C@H](N)C(=O)NCC(=O)NO. The van der Waals surface area contributed by atoms with Crippen molar-refractivity contribution in [2.24, 2.45) is 11.7 Å². The standard InChI is InChI=1S/C8H17N3O3/c1-3-5(2)7(9)8(13)10-4-6(12)11-14/h5,7,14H,3-4,9H2,1-2H3,(H,10,13)(H,11,12)/t5-,7-/m0/s1. The first kappa shape index (κ1) is 12.9. The van der Waals surface area contributed by atoms with Gasteiger partial charge in [-0.2, -0.15) is 0 Å². The molecule has 0 aromatic heterocycles. The van der Waals surface area contributed by atoms with E-state index in [0.717, 1.165) is 6.42 Å². The Labute approximate surface area is 82.8 Å². The maximum atomic E-state index is 11.3. The average molecular weight is 203 g/mol. The summed E-state index contributed by atoms with van der Waals surface area (Å²) in [6, 6.07) is -0.619. The number of carbonyl (C=O) groups excluding carboxylic acids is 2. The molecule has 2 amide bonds. The third-order valence-corrected chi connectivity index (χ3v) is 2.11. The summed E-state index contributed by atoms with van der Waals surface area (Å²) in [7, 11) is 0. The van der Waals surface area contributed by atoms with Crippen LogP contribution in [-0.2, 0) is 9.59 Å². The second kappa shape index (κ2) is 6.33. The first-order valence-electron chi connectivity index (χ1n) is 4.49. The molecule has 0 fully saturated rings. The number of nitrogens with one attached hydrogen (secondary N) is 2. The first-order valence-corrected chi connectivity index (χ1v) is 4.49. The van der Waals surface area contributed by atoms with Crippen molar-refractivity contribution in [2.45, 2.75) is 26.3 Å². The highest BCUT2D eigenvalue weighted by molar-refractivity contribution is 5.86. The second-order valence-electron chi connectivity index (χ2n) is 3.16. The van der Waals surface area contributed by atoms with E-state index in [-0.39, 0.29) is 18.4 Å². The second-order valence-corrected chi connectivity index (χ2v) is 3.16. The van der Waals surface area contributed by atoms with Crippen molar-refractivity contribution in [3.8, 4) is 0 Å². The van der Waals surface area contributed by atoms with Crippen LogP contribution in [0.1, 0.15) is 20.3 Å². The molecule has 14 heavy (non-hydrogen) atoms. The van der Waals surface area contributed by atoms with E-state index in [9.17, 15) is 9.59 Å². The molecule has 0 aromatic rings. The average Bonchev–Trinajstić information content (AvgIpc) is 2.22. The molecule has 0 bridgehead atoms. The number of amides is 2. The van der Waals surface area contributed by atoms with Crippen LogP contribution >= 0.6 is 0 Å². The summed E-state index contributed by atoms with van der Waals surface area (Å²) in [4.78, 5) is 21.8. The molecule has 0 aromatic carbocycles. The molecule has 0 saturated heterocycles. The van der Waals surface area contributed by atoms with E-state index in [1.54, 1.807) is 0 Å². The quantitative estimate of drug-likeness (QED) is 0.339. The maximum absolute atomic E-state index is 11.3. The van der Waals surface area contributed by atoms with Crippen molar-refractivity contribution >= 4 is 11.8 Å². The van der Waals surface area contributed by atoms with E-state index in [2.05, 4.69) is 5.32 Å². The number of carbonyl (C=O) groups is 2. The zero-order valence-corrected chi connectivity index (χ0v) is 8.41. The van der Waals surface area contributed by atoms with Gasteiger partial charge in [-0.1, -0.05) is 20.3 Å². The van der Waals surface area contributed by atoms with E-state index < -0.39 is 11.9 Å². The van der Waals surface area contributed by atoms with Crippen molar-refractivity contribution in [3.63, 3.8) is 0 Å². The summed E-state index contributed by atoms with van der Waals surface area (Å²) in [5.41, 5.74) is 7.00. The first-order chi connectivity index (χ1) is 6.52. The van der Waals surface area contributed by atoms with Gasteiger partial charge in [0.25, 0.3) is 5.91 Å². The zero-order chi connectivity index (χ0) is 11.1. The van der Waals surface area contributed by atoms with Crippen LogP contribution in [0.25, 0.3) is 0 Å². The molecule has 0 spiro atoms. The van der Waals surface area contributed by atoms with E-state index in [0.29, 0.717) is 0 Å². The fourth-order valence-corrected chi connectivity index (χ4v) is 0.837. The van der Waals surface area contributed by atoms with Crippen LogP contribution < -0.4 is 16.5 Å². The number of hydrogen-bond acceptors (Lipinski definition) is 4. The lowest BCUT2D eigenvalue weighted by Crippen LogP contribution is -2.47. The molecule has 0 unspecified atom stereocenters. The molecule has 5 N–H and O–H groups in total. The fraction of sp³-hybridized carbons (Fsp3) is 0.750. The lowest BCUT2D eigenvalue weighted by molar-refractivity contribution is -0.131. The predicted molar refractivity (Wildman–Crippen MR) is 50.4 cm³/mol. The smallest absolute Gasteiger partial charge is 0.262 e. The van der Waals surface area contributed by atoms with Crippen LogP contribution in [-0.4, -0.2) is 29.6 Å². The van der Waals surface area contributed by atoms with Crippen LogP contribution in [0.15, 0.2) is 0 Å². The van der Waals surface area contributed by atoms with E-state index >= 15 is 0 Å². The van der Waals surface area contributed by atoms with Gasteiger partial charge in [-0.3, -0.25) is 14.8 Å². The number of hydroxylamine groups is 1. The van der Waals surface area contributed by atoms with Crippen LogP contribution in [0.5, 0.6) is 0 Å². The Kier molecular flexibility index (Phi) is 5.82. The normalized spacial score (nSPS) is 14.3. The van der Waals surface area contributed by atoms with Gasteiger partial charge in [0.15, 0.2) is 0 Å². The fourth-order valence-electron chi connectivity index (χ4n) is 0.837. The highest BCUT2D eigenvalue weighted by Crippen LogP contribution is 2.04. The molecule has 0 aliphatic carbocycles. The van der Waals surface area contributed by atoms with Crippen molar-refractivity contribution in [1.29, 1.82) is 0 Å². The monoisotopic (exact) mass is 203 g/mol. The molecule has 2 atom stereocenters. The molecule has 82 valence electrons. The maximum Gasteiger partial charge on any atom is 0.262 e. The van der Waals surface area contributed by atoms with Gasteiger partial charge < -0.3 is 11.1 Å². The van der Waals surface area contributed by atoms with Crippen LogP contribution in [0.2, 0.25) is 0 Å². The molecule has 0 radical (unpaired) electrons. The van der Waals surface area contributed by atoms with Gasteiger partial charge in [-0.25, -0.2) is 5.48 Å². The van der Waals surface area contributed by atoms with Gasteiger partial charge in [0.2, 0.25) is 5.91 Å². The van der Waals surface area contributed by atoms with Gasteiger partial charge in [-0.15, -0.1) is 0 Å². The third-order valence-electron chi connectivity index (χ3n) is 2.11. The van der Waals surface area contributed by atoms with E-state index in [1.165, 1.54) is 5.48 Å². The van der Waals surface area contributed by atoms with Crippen molar-refractivity contribution in [1.82, 2.24) is 10.8 Å². The zero-order valence-electron chi connectivity index (χ0n) is 8.41. The molecule has 0 aliphatic heterocycles. The van der Waals surface area contributed by atoms with Gasteiger partial charge >= 0.3 is 0 Å². The Bertz CT molecular complexity index is 208. The Balaban J connectivity index is 3.90. The molecular formula is C8H17N3O3. The molecular weight excluding hydrogens is 186 g/mol. The summed E-state index contributed by atoms with van der Waals surface area (Å²) in [6.07, 6.45) is 0.792. The molecule has 0 rings (SSSR count). The van der Waals surface area contributed by atoms with Crippen LogP contribution in [0.3, 0.4) is 0 Å². The van der Waals surface area contributed by atoms with Crippen LogP contribution in [0.4, 0.5) is 0 Å². The van der Waals surface area contributed by atoms with E-state index in [4.69, 9.17) is 10.9 Å². The van der Waals surface area contributed by atoms with Crippen molar-refractivity contribution in [3.05, 3.63) is 0 Å². The van der Waals surface area contributed by atoms with Gasteiger partial charge in [0.1, 0.15) is 0 Å². The Morgan fingerprint density at radius 3 is 2.50 bits per heavy atom. The predicted octanol–water partition coefficient (Wildman–Crippen LogP) is -1.02. The number of rotatable bonds is 5. The minimum absolute atomic E-state index is 0.0622. The summed E-state index contributed by atoms with van der Waals surface area (Å²) < 4.78 is 0. The van der Waals surface area contributed by atoms with Crippen LogP contribution in [0, 0.1) is 5.92 Å². The highest BCUT2D eigenvalue weighted by Gasteiger charge is 2.19. The van der Waals surface area contributed by atoms with E-state index in [1.807, 2.05) is 13.8 Å². The Hall–Kier alpha value is -1.14. The third kappa shape index (κ3) is 4.20. The molecule has 6 heteroatoms. The number of hydrogen-bond donors (Lipinski definition) is 4. The van der Waals surface area contributed by atoms with Gasteiger partial charge in [0, 0.05) is 0 Å². The lowest BCUT2D eigenvalue weighted by atomic mass is 9.99. The minimum atomic E-state index is -0.672. The summed E-state index contributed by atoms with van der Waals surface area (Å²) >= 11 is 0.